The molecule has 0 spiro atoms. The lowest BCUT2D eigenvalue weighted by molar-refractivity contribution is 0.0731. The first-order valence-electron chi connectivity index (χ1n) is 8.44. The summed E-state index contributed by atoms with van der Waals surface area (Å²) in [5, 5.41) is 9.40. The second kappa shape index (κ2) is 8.65. The first kappa shape index (κ1) is 18.9. The second-order valence-corrected chi connectivity index (χ2v) is 5.81. The van der Waals surface area contributed by atoms with Crippen LogP contribution in [0.25, 0.3) is 11.6 Å². The molecule has 0 aromatic heterocycles. The van der Waals surface area contributed by atoms with Crippen LogP contribution in [0.4, 0.5) is 4.39 Å². The van der Waals surface area contributed by atoms with Crippen molar-refractivity contribution in [2.45, 2.75) is 0 Å². The molecule has 0 radical (unpaired) electrons. The van der Waals surface area contributed by atoms with E-state index in [0.717, 1.165) is 0 Å². The van der Waals surface area contributed by atoms with Crippen molar-refractivity contribution in [3.8, 4) is 17.6 Å². The molecule has 4 nitrogen and oxygen atoms in total. The molecule has 0 unspecified atom stereocenters. The zero-order valence-electron chi connectivity index (χ0n) is 15.1. The van der Waals surface area contributed by atoms with Gasteiger partial charge in [-0.1, -0.05) is 42.5 Å². The Balaban J connectivity index is 1.87. The Morgan fingerprint density at radius 1 is 1.00 bits per heavy atom. The number of para-hydroxylation sites is 1. The van der Waals surface area contributed by atoms with Crippen LogP contribution in [-0.2, 0) is 0 Å². The number of hydrogen-bond acceptors (Lipinski definition) is 4. The van der Waals surface area contributed by atoms with E-state index in [1.165, 1.54) is 19.2 Å². The summed E-state index contributed by atoms with van der Waals surface area (Å²) in [5.41, 5.74) is 1.29. The SMILES string of the molecule is COc1ccccc1C(=O)Oc1cccc(/C=C(/C#N)c2ccccc2F)c1. The highest BCUT2D eigenvalue weighted by molar-refractivity contribution is 5.94. The van der Waals surface area contributed by atoms with E-state index in [2.05, 4.69) is 0 Å². The lowest BCUT2D eigenvalue weighted by Crippen LogP contribution is -2.10. The highest BCUT2D eigenvalue weighted by Gasteiger charge is 2.14. The van der Waals surface area contributed by atoms with Crippen LogP contribution in [0.2, 0.25) is 0 Å². The fourth-order valence-electron chi connectivity index (χ4n) is 2.66. The largest absolute Gasteiger partial charge is 0.496 e. The molecular formula is C23H16FNO3. The molecular weight excluding hydrogens is 357 g/mol. The van der Waals surface area contributed by atoms with Crippen molar-refractivity contribution in [3.63, 3.8) is 0 Å². The second-order valence-electron chi connectivity index (χ2n) is 5.81. The number of benzene rings is 3. The predicted octanol–water partition coefficient (Wildman–Crippen LogP) is 5.12. The van der Waals surface area contributed by atoms with Crippen LogP contribution in [0.1, 0.15) is 21.5 Å². The van der Waals surface area contributed by atoms with E-state index < -0.39 is 11.8 Å². The van der Waals surface area contributed by atoms with Crippen molar-refractivity contribution in [3.05, 3.63) is 95.3 Å². The van der Waals surface area contributed by atoms with Gasteiger partial charge in [0.2, 0.25) is 0 Å². The van der Waals surface area contributed by atoms with Crippen LogP contribution in [0.5, 0.6) is 11.5 Å². The summed E-state index contributed by atoms with van der Waals surface area (Å²) in [4.78, 5) is 12.4. The van der Waals surface area contributed by atoms with Crippen molar-refractivity contribution >= 4 is 17.6 Å². The number of nitrogens with zero attached hydrogens (tertiary/aromatic N) is 1. The number of methoxy groups -OCH3 is 1. The number of carbonyl (C=O) groups is 1. The van der Waals surface area contributed by atoms with E-state index in [1.807, 2.05) is 6.07 Å². The third kappa shape index (κ3) is 4.25. The van der Waals surface area contributed by atoms with Crippen LogP contribution in [0, 0.1) is 17.1 Å². The molecule has 0 N–H and O–H groups in total. The fourth-order valence-corrected chi connectivity index (χ4v) is 2.66. The van der Waals surface area contributed by atoms with E-state index in [-0.39, 0.29) is 11.1 Å². The third-order valence-electron chi connectivity index (χ3n) is 3.99. The fraction of sp³-hybridized carbons (Fsp3) is 0.0435. The molecule has 0 saturated carbocycles. The predicted molar refractivity (Wildman–Crippen MR) is 104 cm³/mol. The molecule has 3 aromatic rings. The molecule has 0 atom stereocenters. The van der Waals surface area contributed by atoms with Gasteiger partial charge in [-0.3, -0.25) is 0 Å². The minimum Gasteiger partial charge on any atom is -0.496 e. The number of allylic oxidation sites excluding steroid dienone is 1. The quantitative estimate of drug-likeness (QED) is 0.270. The van der Waals surface area contributed by atoms with Crippen molar-refractivity contribution in [1.82, 2.24) is 0 Å². The Morgan fingerprint density at radius 2 is 1.71 bits per heavy atom. The highest BCUT2D eigenvalue weighted by Crippen LogP contribution is 2.24. The summed E-state index contributed by atoms with van der Waals surface area (Å²) in [6.45, 7) is 0. The van der Waals surface area contributed by atoms with Gasteiger partial charge in [-0.15, -0.1) is 0 Å². The number of carbonyl (C=O) groups excluding carboxylic acids is 1. The monoisotopic (exact) mass is 373 g/mol. The average molecular weight is 373 g/mol. The zero-order valence-corrected chi connectivity index (χ0v) is 15.1. The Bertz CT molecular complexity index is 1080. The Labute approximate surface area is 162 Å². The van der Waals surface area contributed by atoms with Gasteiger partial charge in [0.15, 0.2) is 0 Å². The first-order valence-corrected chi connectivity index (χ1v) is 8.44. The summed E-state index contributed by atoms with van der Waals surface area (Å²) < 4.78 is 24.6. The van der Waals surface area contributed by atoms with Gasteiger partial charge in [-0.2, -0.15) is 5.26 Å². The molecule has 3 rings (SSSR count). The first-order chi connectivity index (χ1) is 13.6. The minimum absolute atomic E-state index is 0.173. The number of rotatable bonds is 5. The summed E-state index contributed by atoms with van der Waals surface area (Å²) in [5.74, 6) is -0.326. The van der Waals surface area contributed by atoms with Crippen LogP contribution < -0.4 is 9.47 Å². The van der Waals surface area contributed by atoms with Gasteiger partial charge < -0.3 is 9.47 Å². The van der Waals surface area contributed by atoms with E-state index in [0.29, 0.717) is 22.6 Å². The molecule has 3 aromatic carbocycles. The summed E-state index contributed by atoms with van der Waals surface area (Å²) in [6, 6.07) is 21.5. The molecule has 5 heteroatoms. The minimum atomic E-state index is -0.562. The molecule has 138 valence electrons. The molecule has 0 heterocycles. The normalized spacial score (nSPS) is 10.8. The topological polar surface area (TPSA) is 59.3 Å². The van der Waals surface area contributed by atoms with Crippen molar-refractivity contribution in [2.75, 3.05) is 7.11 Å². The lowest BCUT2D eigenvalue weighted by atomic mass is 10.0. The molecule has 0 fully saturated rings. The number of ether oxygens (including phenoxy) is 2. The lowest BCUT2D eigenvalue weighted by Gasteiger charge is -2.09. The summed E-state index contributed by atoms with van der Waals surface area (Å²) >= 11 is 0. The van der Waals surface area contributed by atoms with Crippen molar-refractivity contribution in [2.24, 2.45) is 0 Å². The average Bonchev–Trinajstić information content (AvgIpc) is 2.73. The molecule has 0 saturated heterocycles. The Morgan fingerprint density at radius 3 is 2.43 bits per heavy atom. The van der Waals surface area contributed by atoms with Crippen LogP contribution >= 0.6 is 0 Å². The summed E-state index contributed by atoms with van der Waals surface area (Å²) in [7, 11) is 1.48. The van der Waals surface area contributed by atoms with E-state index in [1.54, 1.807) is 66.7 Å². The Hall–Kier alpha value is -3.91. The van der Waals surface area contributed by atoms with Gasteiger partial charge >= 0.3 is 5.97 Å². The number of halogens is 1. The maximum atomic E-state index is 14.0. The molecule has 0 aliphatic carbocycles. The molecule has 0 bridgehead atoms. The Kier molecular flexibility index (Phi) is 5.83. The molecule has 0 aliphatic heterocycles. The van der Waals surface area contributed by atoms with Gasteiger partial charge in [0.1, 0.15) is 22.9 Å². The molecule has 28 heavy (non-hydrogen) atoms. The third-order valence-corrected chi connectivity index (χ3v) is 3.99. The molecule has 0 aliphatic rings. The van der Waals surface area contributed by atoms with Crippen LogP contribution in [0.3, 0.4) is 0 Å². The van der Waals surface area contributed by atoms with Gasteiger partial charge in [-0.05, 0) is 42.0 Å². The van der Waals surface area contributed by atoms with E-state index in [4.69, 9.17) is 9.47 Å². The number of esters is 1. The molecule has 0 amide bonds. The maximum Gasteiger partial charge on any atom is 0.347 e. The van der Waals surface area contributed by atoms with Crippen LogP contribution in [0.15, 0.2) is 72.8 Å². The number of nitriles is 1. The van der Waals surface area contributed by atoms with Crippen LogP contribution in [-0.4, -0.2) is 13.1 Å². The maximum absolute atomic E-state index is 14.0. The van der Waals surface area contributed by atoms with Crippen molar-refractivity contribution in [1.29, 1.82) is 5.26 Å². The van der Waals surface area contributed by atoms with Crippen molar-refractivity contribution < 1.29 is 18.7 Å². The number of hydrogen-bond donors (Lipinski definition) is 0. The smallest absolute Gasteiger partial charge is 0.347 e. The van der Waals surface area contributed by atoms with E-state index >= 15 is 0 Å². The summed E-state index contributed by atoms with van der Waals surface area (Å²) in [6.07, 6.45) is 1.54. The zero-order chi connectivity index (χ0) is 19.9. The van der Waals surface area contributed by atoms with E-state index in [9.17, 15) is 14.4 Å². The highest BCUT2D eigenvalue weighted by atomic mass is 19.1. The van der Waals surface area contributed by atoms with Gasteiger partial charge in [0.05, 0.1) is 18.8 Å². The van der Waals surface area contributed by atoms with Gasteiger partial charge in [-0.25, -0.2) is 9.18 Å². The van der Waals surface area contributed by atoms with Gasteiger partial charge in [0.25, 0.3) is 0 Å². The van der Waals surface area contributed by atoms with Gasteiger partial charge in [0, 0.05) is 5.56 Å². The standard InChI is InChI=1S/C23H16FNO3/c1-27-22-12-5-3-10-20(22)23(26)28-18-8-6-7-16(14-18)13-17(15-25)19-9-2-4-11-21(19)24/h2-14H,1H3/b17-13-.